The summed E-state index contributed by atoms with van der Waals surface area (Å²) < 4.78 is 10.5. The Bertz CT molecular complexity index is 641. The Hall–Kier alpha value is -1.96. The standard InChI is InChI=1S/C19H28N2O5/c1-19(2,16(22)15(20)17(23)21-9-4-5-10-21)26-12-13-7-6-8-14(11-13)18(24)25-3/h6-8,11,15-16,22H,4-5,9-10,12,20H2,1-3H3. The highest BCUT2D eigenvalue weighted by Crippen LogP contribution is 2.22. The molecule has 0 aliphatic carbocycles. The highest BCUT2D eigenvalue weighted by atomic mass is 16.5. The molecular formula is C19H28N2O5. The molecule has 7 heteroatoms. The van der Waals surface area contributed by atoms with E-state index in [1.54, 1.807) is 36.9 Å². The van der Waals surface area contributed by atoms with Crippen LogP contribution in [-0.4, -0.2) is 59.8 Å². The molecule has 0 saturated carbocycles. The zero-order chi connectivity index (χ0) is 19.3. The van der Waals surface area contributed by atoms with Crippen molar-refractivity contribution in [3.05, 3.63) is 35.4 Å². The lowest BCUT2D eigenvalue weighted by Gasteiger charge is -2.35. The van der Waals surface area contributed by atoms with E-state index in [9.17, 15) is 14.7 Å². The smallest absolute Gasteiger partial charge is 0.337 e. The quantitative estimate of drug-likeness (QED) is 0.702. The van der Waals surface area contributed by atoms with Crippen LogP contribution in [-0.2, 0) is 20.9 Å². The molecule has 144 valence electrons. The number of hydrogen-bond acceptors (Lipinski definition) is 6. The second-order valence-corrected chi connectivity index (χ2v) is 7.09. The molecule has 1 fully saturated rings. The van der Waals surface area contributed by atoms with Gasteiger partial charge in [-0.25, -0.2) is 4.79 Å². The Morgan fingerprint density at radius 1 is 1.31 bits per heavy atom. The van der Waals surface area contributed by atoms with Crippen molar-refractivity contribution in [2.24, 2.45) is 5.73 Å². The van der Waals surface area contributed by atoms with Gasteiger partial charge in [0, 0.05) is 13.1 Å². The summed E-state index contributed by atoms with van der Waals surface area (Å²) in [6.07, 6.45) is 0.773. The molecule has 1 aliphatic heterocycles. The van der Waals surface area contributed by atoms with Crippen molar-refractivity contribution >= 4 is 11.9 Å². The minimum atomic E-state index is -1.15. The maximum Gasteiger partial charge on any atom is 0.337 e. The number of ether oxygens (including phenoxy) is 2. The average Bonchev–Trinajstić information content (AvgIpc) is 3.19. The van der Waals surface area contributed by atoms with Crippen molar-refractivity contribution < 1.29 is 24.2 Å². The van der Waals surface area contributed by atoms with E-state index in [4.69, 9.17) is 15.2 Å². The highest BCUT2D eigenvalue weighted by molar-refractivity contribution is 5.89. The number of carbonyl (C=O) groups is 2. The van der Waals surface area contributed by atoms with Crippen LogP contribution in [0.2, 0.25) is 0 Å². The van der Waals surface area contributed by atoms with Gasteiger partial charge in [-0.2, -0.15) is 0 Å². The Morgan fingerprint density at radius 3 is 2.58 bits per heavy atom. The van der Waals surface area contributed by atoms with Crippen LogP contribution in [0, 0.1) is 0 Å². The van der Waals surface area contributed by atoms with Gasteiger partial charge in [-0.15, -0.1) is 0 Å². The van der Waals surface area contributed by atoms with Crippen molar-refractivity contribution in [3.63, 3.8) is 0 Å². The number of aliphatic hydroxyl groups excluding tert-OH is 1. The summed E-state index contributed by atoms with van der Waals surface area (Å²) in [4.78, 5) is 25.7. The number of nitrogens with two attached hydrogens (primary N) is 1. The third-order valence-electron chi connectivity index (χ3n) is 4.71. The van der Waals surface area contributed by atoms with Crippen LogP contribution >= 0.6 is 0 Å². The van der Waals surface area contributed by atoms with Crippen molar-refractivity contribution in [1.82, 2.24) is 4.90 Å². The molecule has 1 aromatic carbocycles. The summed E-state index contributed by atoms with van der Waals surface area (Å²) in [5.74, 6) is -0.677. The molecule has 1 amide bonds. The monoisotopic (exact) mass is 364 g/mol. The van der Waals surface area contributed by atoms with E-state index in [1.807, 2.05) is 6.07 Å². The van der Waals surface area contributed by atoms with Crippen LogP contribution in [0.15, 0.2) is 24.3 Å². The van der Waals surface area contributed by atoms with Crippen LogP contribution in [0.3, 0.4) is 0 Å². The maximum atomic E-state index is 12.4. The van der Waals surface area contributed by atoms with Crippen LogP contribution in [0.25, 0.3) is 0 Å². The number of esters is 1. The van der Waals surface area contributed by atoms with Gasteiger partial charge >= 0.3 is 5.97 Å². The number of rotatable bonds is 7. The SMILES string of the molecule is COC(=O)c1cccc(COC(C)(C)C(O)C(N)C(=O)N2CCCC2)c1. The van der Waals surface area contributed by atoms with Gasteiger partial charge in [0.15, 0.2) is 0 Å². The summed E-state index contributed by atoms with van der Waals surface area (Å²) in [6, 6.07) is 5.83. The molecule has 1 heterocycles. The van der Waals surface area contributed by atoms with Crippen LogP contribution < -0.4 is 5.73 Å². The van der Waals surface area contributed by atoms with E-state index < -0.39 is 23.7 Å². The number of methoxy groups -OCH3 is 1. The third-order valence-corrected chi connectivity index (χ3v) is 4.71. The predicted molar refractivity (Wildman–Crippen MR) is 96.4 cm³/mol. The zero-order valence-electron chi connectivity index (χ0n) is 15.6. The Morgan fingerprint density at radius 2 is 1.96 bits per heavy atom. The molecule has 0 radical (unpaired) electrons. The highest BCUT2D eigenvalue weighted by Gasteiger charge is 2.39. The van der Waals surface area contributed by atoms with Gasteiger partial charge in [-0.05, 0) is 44.4 Å². The number of benzene rings is 1. The number of amides is 1. The number of likely N-dealkylation sites (tertiary alicyclic amines) is 1. The van der Waals surface area contributed by atoms with Gasteiger partial charge in [0.2, 0.25) is 5.91 Å². The number of nitrogens with zero attached hydrogens (tertiary/aromatic N) is 1. The summed E-state index contributed by atoms with van der Waals surface area (Å²) in [6.45, 7) is 4.92. The van der Waals surface area contributed by atoms with Gasteiger partial charge in [-0.1, -0.05) is 12.1 Å². The summed E-state index contributed by atoms with van der Waals surface area (Å²) >= 11 is 0. The molecule has 26 heavy (non-hydrogen) atoms. The van der Waals surface area contributed by atoms with Gasteiger partial charge in [0.1, 0.15) is 12.1 Å². The molecule has 2 unspecified atom stereocenters. The van der Waals surface area contributed by atoms with Gasteiger partial charge < -0.3 is 25.2 Å². The molecule has 2 rings (SSSR count). The second kappa shape index (κ2) is 8.62. The van der Waals surface area contributed by atoms with Gasteiger partial charge in [0.25, 0.3) is 0 Å². The van der Waals surface area contributed by atoms with Crippen LogP contribution in [0.1, 0.15) is 42.6 Å². The molecular weight excluding hydrogens is 336 g/mol. The zero-order valence-corrected chi connectivity index (χ0v) is 15.6. The largest absolute Gasteiger partial charge is 0.465 e. The average molecular weight is 364 g/mol. The normalized spacial score (nSPS) is 17.0. The molecule has 0 spiro atoms. The number of hydrogen-bond donors (Lipinski definition) is 2. The molecule has 2 atom stereocenters. The number of carbonyl (C=O) groups excluding carboxylic acids is 2. The number of aliphatic hydroxyl groups is 1. The topological polar surface area (TPSA) is 102 Å². The summed E-state index contributed by atoms with van der Waals surface area (Å²) in [5.41, 5.74) is 6.14. The third kappa shape index (κ3) is 4.81. The van der Waals surface area contributed by atoms with Gasteiger partial charge in [-0.3, -0.25) is 4.79 Å². The Kier molecular flexibility index (Phi) is 6.75. The Balaban J connectivity index is 1.98. The first kappa shape index (κ1) is 20.4. The van der Waals surface area contributed by atoms with E-state index in [0.717, 1.165) is 18.4 Å². The predicted octanol–water partition coefficient (Wildman–Crippen LogP) is 1.08. The fraction of sp³-hybridized carbons (Fsp3) is 0.579. The first-order valence-corrected chi connectivity index (χ1v) is 8.80. The minimum absolute atomic E-state index is 0.166. The Labute approximate surface area is 154 Å². The molecule has 1 aromatic rings. The van der Waals surface area contributed by atoms with E-state index >= 15 is 0 Å². The van der Waals surface area contributed by atoms with Crippen LogP contribution in [0.5, 0.6) is 0 Å². The lowest BCUT2D eigenvalue weighted by atomic mass is 9.94. The van der Waals surface area contributed by atoms with Crippen molar-refractivity contribution in [3.8, 4) is 0 Å². The molecule has 1 aliphatic rings. The van der Waals surface area contributed by atoms with E-state index in [1.165, 1.54) is 7.11 Å². The maximum absolute atomic E-state index is 12.4. The lowest BCUT2D eigenvalue weighted by molar-refractivity contribution is -0.147. The molecule has 7 nitrogen and oxygen atoms in total. The molecule has 3 N–H and O–H groups in total. The first-order chi connectivity index (χ1) is 12.3. The van der Waals surface area contributed by atoms with Crippen molar-refractivity contribution in [2.75, 3.05) is 20.2 Å². The van der Waals surface area contributed by atoms with E-state index in [2.05, 4.69) is 0 Å². The summed E-state index contributed by atoms with van der Waals surface area (Å²) in [5, 5.41) is 10.6. The van der Waals surface area contributed by atoms with Crippen molar-refractivity contribution in [2.45, 2.75) is 51.0 Å². The summed E-state index contributed by atoms with van der Waals surface area (Å²) in [7, 11) is 1.32. The van der Waals surface area contributed by atoms with E-state index in [-0.39, 0.29) is 12.5 Å². The van der Waals surface area contributed by atoms with Crippen LogP contribution in [0.4, 0.5) is 0 Å². The second-order valence-electron chi connectivity index (χ2n) is 7.09. The van der Waals surface area contributed by atoms with E-state index in [0.29, 0.717) is 18.7 Å². The van der Waals surface area contributed by atoms with Gasteiger partial charge in [0.05, 0.1) is 24.9 Å². The molecule has 0 aromatic heterocycles. The first-order valence-electron chi connectivity index (χ1n) is 8.80. The van der Waals surface area contributed by atoms with Crippen molar-refractivity contribution in [1.29, 1.82) is 0 Å². The minimum Gasteiger partial charge on any atom is -0.465 e. The fourth-order valence-electron chi connectivity index (χ4n) is 2.98. The fourth-order valence-corrected chi connectivity index (χ4v) is 2.98. The molecule has 1 saturated heterocycles. The lowest BCUT2D eigenvalue weighted by Crippen LogP contribution is -2.57. The molecule has 0 bridgehead atoms.